The number of amides is 1. The molecule has 1 amide bonds. The van der Waals surface area contributed by atoms with Crippen molar-refractivity contribution in [3.63, 3.8) is 0 Å². The highest BCUT2D eigenvalue weighted by molar-refractivity contribution is 6.32. The molecule has 0 saturated heterocycles. The molecule has 0 aliphatic carbocycles. The third-order valence-corrected chi connectivity index (χ3v) is 5.09. The molecular formula is C25H18ClN5O2. The number of carbonyl (C=O) groups is 1. The maximum atomic E-state index is 12.8. The van der Waals surface area contributed by atoms with Crippen LogP contribution in [0.25, 0.3) is 23.0 Å². The molecule has 0 atom stereocenters. The van der Waals surface area contributed by atoms with Crippen molar-refractivity contribution >= 4 is 29.3 Å². The lowest BCUT2D eigenvalue weighted by Gasteiger charge is -2.07. The zero-order valence-corrected chi connectivity index (χ0v) is 18.3. The van der Waals surface area contributed by atoms with Crippen LogP contribution in [0.15, 0.2) is 84.8 Å². The Morgan fingerprint density at radius 2 is 1.91 bits per heavy atom. The van der Waals surface area contributed by atoms with Gasteiger partial charge in [0.25, 0.3) is 5.91 Å². The smallest absolute Gasteiger partial charge is 0.266 e. The van der Waals surface area contributed by atoms with Gasteiger partial charge in [0.1, 0.15) is 23.1 Å². The maximum Gasteiger partial charge on any atom is 0.266 e. The Morgan fingerprint density at radius 3 is 2.58 bits per heavy atom. The highest BCUT2D eigenvalue weighted by Gasteiger charge is 2.16. The van der Waals surface area contributed by atoms with Gasteiger partial charge in [0.2, 0.25) is 0 Å². The van der Waals surface area contributed by atoms with Gasteiger partial charge in [0, 0.05) is 35.4 Å². The fraction of sp³-hybridized carbons (Fsp3) is 0.0400. The minimum absolute atomic E-state index is 0.0788. The molecule has 2 heterocycles. The van der Waals surface area contributed by atoms with Gasteiger partial charge < -0.3 is 10.1 Å². The van der Waals surface area contributed by atoms with E-state index in [-0.39, 0.29) is 5.57 Å². The summed E-state index contributed by atoms with van der Waals surface area (Å²) in [6.07, 6.45) is 6.62. The van der Waals surface area contributed by atoms with Gasteiger partial charge in [-0.2, -0.15) is 10.4 Å². The van der Waals surface area contributed by atoms with Crippen molar-refractivity contribution in [3.8, 4) is 28.8 Å². The number of methoxy groups -OCH3 is 1. The first-order valence-electron chi connectivity index (χ1n) is 9.91. The second-order valence-electron chi connectivity index (χ2n) is 6.92. The number of rotatable bonds is 6. The lowest BCUT2D eigenvalue weighted by atomic mass is 10.1. The molecule has 0 unspecified atom stereocenters. The van der Waals surface area contributed by atoms with Gasteiger partial charge in [0.05, 0.1) is 17.8 Å². The van der Waals surface area contributed by atoms with Crippen molar-refractivity contribution in [2.75, 3.05) is 12.4 Å². The van der Waals surface area contributed by atoms with Gasteiger partial charge in [-0.1, -0.05) is 29.8 Å². The Morgan fingerprint density at radius 1 is 1.15 bits per heavy atom. The Balaban J connectivity index is 1.71. The number of nitriles is 1. The van der Waals surface area contributed by atoms with Crippen LogP contribution in [0.5, 0.6) is 5.75 Å². The number of pyridine rings is 1. The molecule has 4 aromatic rings. The first kappa shape index (κ1) is 21.8. The van der Waals surface area contributed by atoms with E-state index in [9.17, 15) is 10.1 Å². The van der Waals surface area contributed by atoms with E-state index in [1.165, 1.54) is 13.2 Å². The molecule has 7 nitrogen and oxygen atoms in total. The molecule has 0 radical (unpaired) electrons. The lowest BCUT2D eigenvalue weighted by molar-refractivity contribution is -0.112. The van der Waals surface area contributed by atoms with Crippen LogP contribution in [0.2, 0.25) is 5.02 Å². The number of hydrogen-bond acceptors (Lipinski definition) is 5. The minimum atomic E-state index is -0.563. The minimum Gasteiger partial charge on any atom is -0.495 e. The van der Waals surface area contributed by atoms with E-state index in [4.69, 9.17) is 16.3 Å². The third-order valence-electron chi connectivity index (χ3n) is 4.79. The lowest BCUT2D eigenvalue weighted by Crippen LogP contribution is -2.13. The number of ether oxygens (including phenoxy) is 1. The zero-order chi connectivity index (χ0) is 23.2. The molecule has 0 aliphatic heterocycles. The molecular weight excluding hydrogens is 438 g/mol. The molecule has 4 rings (SSSR count). The van der Waals surface area contributed by atoms with Crippen LogP contribution < -0.4 is 10.1 Å². The number of benzene rings is 2. The molecule has 2 aromatic heterocycles. The van der Waals surface area contributed by atoms with E-state index < -0.39 is 5.91 Å². The summed E-state index contributed by atoms with van der Waals surface area (Å²) in [5.74, 6) is -0.0760. The predicted octanol–water partition coefficient (Wildman–Crippen LogP) is 5.14. The highest BCUT2D eigenvalue weighted by Crippen LogP contribution is 2.28. The van der Waals surface area contributed by atoms with Crippen molar-refractivity contribution in [1.29, 1.82) is 5.26 Å². The Labute approximate surface area is 195 Å². The molecule has 1 N–H and O–H groups in total. The average Bonchev–Trinajstić information content (AvgIpc) is 3.27. The van der Waals surface area contributed by atoms with Gasteiger partial charge in [-0.25, -0.2) is 4.68 Å². The summed E-state index contributed by atoms with van der Waals surface area (Å²) in [6, 6.07) is 20.0. The van der Waals surface area contributed by atoms with Gasteiger partial charge in [-0.05, 0) is 48.5 Å². The number of nitrogens with zero attached hydrogens (tertiary/aromatic N) is 4. The number of carbonyl (C=O) groups excluding carboxylic acids is 1. The molecule has 8 heteroatoms. The fourth-order valence-corrected chi connectivity index (χ4v) is 3.44. The summed E-state index contributed by atoms with van der Waals surface area (Å²) in [5, 5.41) is 17.4. The van der Waals surface area contributed by atoms with Crippen LogP contribution in [0.4, 0.5) is 5.69 Å². The van der Waals surface area contributed by atoms with Crippen LogP contribution in [-0.4, -0.2) is 27.8 Å². The summed E-state index contributed by atoms with van der Waals surface area (Å²) < 4.78 is 6.83. The SMILES string of the molecule is COc1ccc(NC(=O)/C(C#N)=C/c2cn(-c3ccccc3)nc2-c2ccncc2)cc1Cl. The molecule has 33 heavy (non-hydrogen) atoms. The zero-order valence-electron chi connectivity index (χ0n) is 17.6. The second kappa shape index (κ2) is 9.81. The predicted molar refractivity (Wildman–Crippen MR) is 127 cm³/mol. The number of aromatic nitrogens is 3. The number of para-hydroxylation sites is 1. The molecule has 2 aromatic carbocycles. The van der Waals surface area contributed by atoms with Crippen molar-refractivity contribution in [2.24, 2.45) is 0 Å². The Kier molecular flexibility index (Phi) is 6.48. The summed E-state index contributed by atoms with van der Waals surface area (Å²) >= 11 is 6.13. The first-order valence-corrected chi connectivity index (χ1v) is 10.3. The quantitative estimate of drug-likeness (QED) is 0.321. The molecule has 0 spiro atoms. The van der Waals surface area contributed by atoms with Crippen LogP contribution >= 0.6 is 11.6 Å². The van der Waals surface area contributed by atoms with Crippen LogP contribution in [0.3, 0.4) is 0 Å². The third kappa shape index (κ3) is 4.92. The molecule has 0 fully saturated rings. The second-order valence-corrected chi connectivity index (χ2v) is 7.33. The monoisotopic (exact) mass is 455 g/mol. The van der Waals surface area contributed by atoms with Crippen LogP contribution in [0, 0.1) is 11.3 Å². The van der Waals surface area contributed by atoms with E-state index in [1.807, 2.05) is 48.5 Å². The molecule has 0 saturated carbocycles. The number of halogens is 1. The molecule has 0 aliphatic rings. The van der Waals surface area contributed by atoms with Crippen molar-refractivity contribution in [2.45, 2.75) is 0 Å². The van der Waals surface area contributed by atoms with Crippen LogP contribution in [0.1, 0.15) is 5.56 Å². The largest absolute Gasteiger partial charge is 0.495 e. The number of hydrogen-bond donors (Lipinski definition) is 1. The van der Waals surface area contributed by atoms with Gasteiger partial charge >= 0.3 is 0 Å². The molecule has 0 bridgehead atoms. The van der Waals surface area contributed by atoms with Gasteiger partial charge in [-0.3, -0.25) is 9.78 Å². The van der Waals surface area contributed by atoms with E-state index in [0.717, 1.165) is 11.3 Å². The standard InChI is InChI=1S/C25H18ClN5O2/c1-33-23-8-7-20(14-22(23)26)29-25(32)18(15-27)13-19-16-31(21-5-3-2-4-6-21)30-24(19)17-9-11-28-12-10-17/h2-14,16H,1H3,(H,29,32)/b18-13+. The summed E-state index contributed by atoms with van der Waals surface area (Å²) in [4.78, 5) is 16.9. The van der Waals surface area contributed by atoms with E-state index >= 15 is 0 Å². The van der Waals surface area contributed by atoms with Crippen molar-refractivity contribution < 1.29 is 9.53 Å². The van der Waals surface area contributed by atoms with Gasteiger partial charge in [0.15, 0.2) is 0 Å². The Hall–Kier alpha value is -4.41. The van der Waals surface area contributed by atoms with E-state index in [1.54, 1.807) is 41.5 Å². The van der Waals surface area contributed by atoms with Crippen molar-refractivity contribution in [1.82, 2.24) is 14.8 Å². The van der Waals surface area contributed by atoms with E-state index in [0.29, 0.717) is 27.7 Å². The summed E-state index contributed by atoms with van der Waals surface area (Å²) in [7, 11) is 1.51. The fourth-order valence-electron chi connectivity index (χ4n) is 3.19. The molecule has 162 valence electrons. The Bertz CT molecular complexity index is 1360. The van der Waals surface area contributed by atoms with Crippen molar-refractivity contribution in [3.05, 3.63) is 95.4 Å². The highest BCUT2D eigenvalue weighted by atomic mass is 35.5. The average molecular weight is 456 g/mol. The first-order chi connectivity index (χ1) is 16.1. The topological polar surface area (TPSA) is 92.8 Å². The van der Waals surface area contributed by atoms with Crippen LogP contribution in [-0.2, 0) is 4.79 Å². The summed E-state index contributed by atoms with van der Waals surface area (Å²) in [6.45, 7) is 0. The number of nitrogens with one attached hydrogen (secondary N) is 1. The van der Waals surface area contributed by atoms with E-state index in [2.05, 4.69) is 15.4 Å². The summed E-state index contributed by atoms with van der Waals surface area (Å²) in [5.41, 5.74) is 3.26. The maximum absolute atomic E-state index is 12.8. The van der Waals surface area contributed by atoms with Gasteiger partial charge in [-0.15, -0.1) is 0 Å². The number of anilines is 1. The normalized spacial score (nSPS) is 11.0.